The Balaban J connectivity index is 1.58. The van der Waals surface area contributed by atoms with Crippen molar-refractivity contribution < 1.29 is 18.8 Å². The van der Waals surface area contributed by atoms with E-state index in [0.717, 1.165) is 33.8 Å². The highest BCUT2D eigenvalue weighted by molar-refractivity contribution is 6.62. The van der Waals surface area contributed by atoms with Gasteiger partial charge < -0.3 is 23.7 Å². The summed E-state index contributed by atoms with van der Waals surface area (Å²) < 4.78 is 23.3. The molecule has 2 aromatic rings. The summed E-state index contributed by atoms with van der Waals surface area (Å²) in [5.41, 5.74) is 3.54. The molecule has 0 atom stereocenters. The quantitative estimate of drug-likeness (QED) is 0.710. The fraction of sp³-hybridized carbons (Fsp3) is 0.435. The predicted octanol–water partition coefficient (Wildman–Crippen LogP) is 3.40. The van der Waals surface area contributed by atoms with Crippen LogP contribution in [0.4, 0.5) is 5.69 Å². The zero-order chi connectivity index (χ0) is 21.5. The zero-order valence-electron chi connectivity index (χ0n) is 18.6. The number of rotatable bonds is 5. The maximum Gasteiger partial charge on any atom is 0.494 e. The third-order valence-corrected chi connectivity index (χ3v) is 6.26. The Kier molecular flexibility index (Phi) is 5.28. The molecule has 2 heterocycles. The van der Waals surface area contributed by atoms with Crippen LogP contribution in [-0.4, -0.2) is 45.4 Å². The Morgan fingerprint density at radius 2 is 1.73 bits per heavy atom. The van der Waals surface area contributed by atoms with Gasteiger partial charge in [0.1, 0.15) is 18.2 Å². The minimum absolute atomic E-state index is 0.362. The molecule has 158 valence electrons. The molecule has 2 aromatic carbocycles. The van der Waals surface area contributed by atoms with E-state index in [1.54, 1.807) is 14.2 Å². The van der Waals surface area contributed by atoms with E-state index in [-0.39, 0.29) is 18.3 Å². The molecule has 1 saturated heterocycles. The number of hydrogen-bond donors (Lipinski definition) is 0. The van der Waals surface area contributed by atoms with E-state index in [4.69, 9.17) is 18.8 Å². The number of hydrogen-bond acceptors (Lipinski definition) is 6. The Morgan fingerprint density at radius 1 is 1.00 bits per heavy atom. The largest absolute Gasteiger partial charge is 0.497 e. The van der Waals surface area contributed by atoms with Crippen LogP contribution >= 0.6 is 0 Å². The summed E-state index contributed by atoms with van der Waals surface area (Å²) in [5.74, 6) is 1.58. The van der Waals surface area contributed by atoms with E-state index in [1.165, 1.54) is 0 Å². The first-order chi connectivity index (χ1) is 14.2. The molecular formula is C23H29BN2O4. The van der Waals surface area contributed by atoms with E-state index in [9.17, 15) is 0 Å². The minimum atomic E-state index is -0.384. The fourth-order valence-corrected chi connectivity index (χ4v) is 3.73. The van der Waals surface area contributed by atoms with E-state index in [1.807, 2.05) is 24.4 Å². The van der Waals surface area contributed by atoms with E-state index < -0.39 is 0 Å². The summed E-state index contributed by atoms with van der Waals surface area (Å²) in [6.45, 7) is 9.55. The van der Waals surface area contributed by atoms with Gasteiger partial charge in [-0.25, -0.2) is 0 Å². The van der Waals surface area contributed by atoms with E-state index in [2.05, 4.69) is 55.8 Å². The SMILES string of the molecule is COc1ccc(CN2CN=Cc3cc(B4OC(C)(C)C(C)(C)O4)ccc32)c(OC)c1. The molecule has 6 nitrogen and oxygen atoms in total. The molecule has 7 heteroatoms. The van der Waals surface area contributed by atoms with Gasteiger partial charge in [-0.15, -0.1) is 0 Å². The molecule has 0 amide bonds. The van der Waals surface area contributed by atoms with Crippen LogP contribution in [-0.2, 0) is 15.9 Å². The number of aliphatic imine (C=N–C) groups is 1. The van der Waals surface area contributed by atoms with Crippen LogP contribution < -0.4 is 19.8 Å². The molecule has 0 bridgehead atoms. The summed E-state index contributed by atoms with van der Waals surface area (Å²) in [5, 5.41) is 0. The molecule has 0 saturated carbocycles. The molecule has 4 rings (SSSR count). The monoisotopic (exact) mass is 408 g/mol. The molecule has 0 aromatic heterocycles. The first kappa shape index (κ1) is 20.8. The lowest BCUT2D eigenvalue weighted by Crippen LogP contribution is -2.41. The molecule has 2 aliphatic heterocycles. The Labute approximate surface area is 178 Å². The zero-order valence-corrected chi connectivity index (χ0v) is 18.6. The van der Waals surface area contributed by atoms with Crippen LogP contribution in [0.25, 0.3) is 0 Å². The van der Waals surface area contributed by atoms with Gasteiger partial charge in [0, 0.05) is 35.6 Å². The summed E-state index contributed by atoms with van der Waals surface area (Å²) >= 11 is 0. The lowest BCUT2D eigenvalue weighted by molar-refractivity contribution is 0.00578. The van der Waals surface area contributed by atoms with E-state index >= 15 is 0 Å². The first-order valence-corrected chi connectivity index (χ1v) is 10.2. The number of fused-ring (bicyclic) bond motifs is 1. The smallest absolute Gasteiger partial charge is 0.494 e. The third-order valence-electron chi connectivity index (χ3n) is 6.26. The molecular weight excluding hydrogens is 379 g/mol. The van der Waals surface area contributed by atoms with Crippen molar-refractivity contribution in [1.29, 1.82) is 0 Å². The van der Waals surface area contributed by atoms with Crippen LogP contribution in [0.15, 0.2) is 41.4 Å². The summed E-state index contributed by atoms with van der Waals surface area (Å²) in [4.78, 5) is 6.79. The van der Waals surface area contributed by atoms with Crippen LogP contribution in [0.5, 0.6) is 11.5 Å². The highest BCUT2D eigenvalue weighted by atomic mass is 16.7. The average Bonchev–Trinajstić information content (AvgIpc) is 2.95. The Morgan fingerprint density at radius 3 is 2.40 bits per heavy atom. The molecule has 0 aliphatic carbocycles. The van der Waals surface area contributed by atoms with Gasteiger partial charge in [-0.3, -0.25) is 4.99 Å². The molecule has 0 radical (unpaired) electrons. The lowest BCUT2D eigenvalue weighted by atomic mass is 9.78. The molecule has 1 fully saturated rings. The predicted molar refractivity (Wildman–Crippen MR) is 120 cm³/mol. The van der Waals surface area contributed by atoms with Crippen molar-refractivity contribution in [3.05, 3.63) is 47.5 Å². The van der Waals surface area contributed by atoms with Crippen LogP contribution in [0.2, 0.25) is 0 Å². The van der Waals surface area contributed by atoms with Gasteiger partial charge in [0.15, 0.2) is 0 Å². The van der Waals surface area contributed by atoms with Gasteiger partial charge in [0.05, 0.1) is 25.4 Å². The number of ether oxygens (including phenoxy) is 2. The lowest BCUT2D eigenvalue weighted by Gasteiger charge is -2.32. The van der Waals surface area contributed by atoms with Crippen molar-refractivity contribution in [3.8, 4) is 11.5 Å². The molecule has 30 heavy (non-hydrogen) atoms. The van der Waals surface area contributed by atoms with Crippen molar-refractivity contribution >= 4 is 24.5 Å². The minimum Gasteiger partial charge on any atom is -0.497 e. The Hall–Kier alpha value is -2.51. The van der Waals surface area contributed by atoms with Crippen molar-refractivity contribution in [3.63, 3.8) is 0 Å². The highest BCUT2D eigenvalue weighted by Crippen LogP contribution is 2.37. The molecule has 0 unspecified atom stereocenters. The fourth-order valence-electron chi connectivity index (χ4n) is 3.73. The number of methoxy groups -OCH3 is 2. The van der Waals surface area contributed by atoms with Crippen molar-refractivity contribution in [2.45, 2.75) is 45.4 Å². The average molecular weight is 408 g/mol. The van der Waals surface area contributed by atoms with Crippen molar-refractivity contribution in [2.24, 2.45) is 4.99 Å². The van der Waals surface area contributed by atoms with Gasteiger partial charge in [-0.2, -0.15) is 0 Å². The second-order valence-corrected chi connectivity index (χ2v) is 8.74. The topological polar surface area (TPSA) is 52.5 Å². The van der Waals surface area contributed by atoms with Gasteiger partial charge >= 0.3 is 7.12 Å². The van der Waals surface area contributed by atoms with Gasteiger partial charge in [0.2, 0.25) is 0 Å². The third kappa shape index (κ3) is 3.68. The van der Waals surface area contributed by atoms with Gasteiger partial charge in [-0.1, -0.05) is 12.1 Å². The molecule has 2 aliphatic rings. The number of anilines is 1. The molecule has 0 N–H and O–H groups in total. The van der Waals surface area contributed by atoms with Crippen LogP contribution in [0.3, 0.4) is 0 Å². The summed E-state index contributed by atoms with van der Waals surface area (Å²) in [6, 6.07) is 12.2. The van der Waals surface area contributed by atoms with E-state index in [0.29, 0.717) is 13.2 Å². The summed E-state index contributed by atoms with van der Waals surface area (Å²) in [6.07, 6.45) is 1.92. The number of benzene rings is 2. The standard InChI is InChI=1S/C23H29BN2O4/c1-22(2)23(3,4)30-24(29-22)18-8-10-20-17(11-18)13-25-15-26(20)14-16-7-9-19(27-5)12-21(16)28-6/h7-13H,14-15H2,1-6H3. The van der Waals surface area contributed by atoms with Gasteiger partial charge in [-0.05, 0) is 51.4 Å². The number of nitrogens with zero attached hydrogens (tertiary/aromatic N) is 2. The Bertz CT molecular complexity index is 958. The van der Waals surface area contributed by atoms with Crippen LogP contribution in [0, 0.1) is 0 Å². The first-order valence-electron chi connectivity index (χ1n) is 10.2. The van der Waals surface area contributed by atoms with Gasteiger partial charge in [0.25, 0.3) is 0 Å². The maximum atomic E-state index is 6.21. The van der Waals surface area contributed by atoms with Crippen molar-refractivity contribution in [2.75, 3.05) is 25.8 Å². The van der Waals surface area contributed by atoms with Crippen molar-refractivity contribution in [1.82, 2.24) is 0 Å². The normalized spacial score (nSPS) is 19.0. The maximum absolute atomic E-state index is 6.21. The second kappa shape index (κ2) is 7.63. The summed E-state index contributed by atoms with van der Waals surface area (Å²) in [7, 11) is 2.95. The second-order valence-electron chi connectivity index (χ2n) is 8.74. The molecule has 0 spiro atoms. The van der Waals surface area contributed by atoms with Crippen LogP contribution in [0.1, 0.15) is 38.8 Å². The highest BCUT2D eigenvalue weighted by Gasteiger charge is 2.51.